The molecule has 0 atom stereocenters. The van der Waals surface area contributed by atoms with Crippen LogP contribution in [0.1, 0.15) is 79.0 Å². The Kier molecular flexibility index (Phi) is 37.3. The van der Waals surface area contributed by atoms with Crippen LogP contribution in [0.25, 0.3) is 32.3 Å². The molecule has 0 saturated carbocycles. The Labute approximate surface area is 484 Å². The van der Waals surface area contributed by atoms with Crippen LogP contribution in [-0.4, -0.2) is 55.5 Å². The summed E-state index contributed by atoms with van der Waals surface area (Å²) in [5.74, 6) is 28.1. The number of hydrogen-bond donors (Lipinski definition) is 0. The van der Waals surface area contributed by atoms with Gasteiger partial charge in [-0.15, -0.1) is 19.3 Å². The second kappa shape index (κ2) is 39.8. The molecule has 0 fully saturated rings. The van der Waals surface area contributed by atoms with E-state index < -0.39 is 15.1 Å². The predicted molar refractivity (Wildman–Crippen MR) is 323 cm³/mol. The van der Waals surface area contributed by atoms with Gasteiger partial charge in [0.05, 0.1) is 19.6 Å². The molecule has 0 amide bonds. The summed E-state index contributed by atoms with van der Waals surface area (Å²) in [6, 6.07) is 44.6. The van der Waals surface area contributed by atoms with Crippen molar-refractivity contribution in [2.45, 2.75) is 81.9 Å². The van der Waals surface area contributed by atoms with Gasteiger partial charge in [-0.05, 0) is 161 Å². The molecule has 0 bridgehead atoms. The Bertz CT molecular complexity index is 2860. The van der Waals surface area contributed by atoms with Crippen molar-refractivity contribution in [1.29, 1.82) is 0 Å². The normalized spacial score (nSPS) is 9.86. The molecule has 0 N–H and O–H groups in total. The van der Waals surface area contributed by atoms with E-state index >= 15 is 0 Å². The number of halogens is 4. The Morgan fingerprint density at radius 1 is 0.459 bits per heavy atom. The Morgan fingerprint density at radius 3 is 1.03 bits per heavy atom. The number of terminal acetylenes is 3. The molecule has 0 spiro atoms. The minimum atomic E-state index is -0.931. The van der Waals surface area contributed by atoms with E-state index in [0.717, 1.165) is 26.2 Å². The quantitative estimate of drug-likeness (QED) is 0.106. The van der Waals surface area contributed by atoms with Crippen molar-refractivity contribution in [1.82, 2.24) is 14.7 Å². The summed E-state index contributed by atoms with van der Waals surface area (Å²) in [4.78, 5) is 9.17. The summed E-state index contributed by atoms with van der Waals surface area (Å²) in [5.41, 5.74) is 4.20. The van der Waals surface area contributed by atoms with Crippen molar-refractivity contribution in [3.05, 3.63) is 144 Å². The number of benzene rings is 6. The minimum absolute atomic E-state index is 0.0174. The first kappa shape index (κ1) is 69.4. The van der Waals surface area contributed by atoms with E-state index in [2.05, 4.69) is 296 Å². The molecule has 0 aliphatic carbocycles. The van der Waals surface area contributed by atoms with Crippen LogP contribution in [0.2, 0.25) is 0 Å². The monoisotopic (exact) mass is 1210 g/mol. The van der Waals surface area contributed by atoms with Crippen molar-refractivity contribution in [2.24, 2.45) is 16.2 Å². The first-order valence-electron chi connectivity index (χ1n) is 23.8. The van der Waals surface area contributed by atoms with Crippen molar-refractivity contribution < 1.29 is 30.2 Å². The molecule has 0 heterocycles. The third-order valence-corrected chi connectivity index (χ3v) is 9.75. The van der Waals surface area contributed by atoms with Crippen LogP contribution in [0.4, 0.5) is 0 Å². The van der Waals surface area contributed by atoms with Crippen LogP contribution in [0.3, 0.4) is 0 Å². The van der Waals surface area contributed by atoms with E-state index in [1.165, 1.54) is 49.0 Å². The van der Waals surface area contributed by atoms with E-state index in [-0.39, 0.29) is 16.2 Å². The number of fused-ring (bicyclic) bond motifs is 3. The molecule has 0 unspecified atom stereocenters. The molecule has 6 rings (SSSR count). The van der Waals surface area contributed by atoms with Crippen LogP contribution >= 0.6 is 45.4 Å². The van der Waals surface area contributed by atoms with E-state index in [9.17, 15) is 0 Å². The zero-order valence-corrected chi connectivity index (χ0v) is 53.2. The molecule has 0 aliphatic heterocycles. The summed E-state index contributed by atoms with van der Waals surface area (Å²) >= 11 is 5.75. The van der Waals surface area contributed by atoms with Gasteiger partial charge in [-0.25, -0.2) is 0 Å². The number of hydrogen-bond acceptors (Lipinski definition) is 3. The SMILES string of the molecule is C#CC#CC(C)(C)C.C#CCN(C)Cc1cccc2ccccc12.C#CCN(C)Cc1cccc2ccccc12.CC(C)(C)C#CBr.CN(CC#CC#CC(C)(C)C)Cc1cccc2ccccc12.[Cl][Cu].[Cl][Zn][Cl]. The number of rotatable bonds is 9. The van der Waals surface area contributed by atoms with Crippen LogP contribution in [0, 0.1) is 99.5 Å². The molecule has 74 heavy (non-hydrogen) atoms. The van der Waals surface area contributed by atoms with E-state index in [0.29, 0.717) is 13.1 Å². The maximum absolute atomic E-state index is 5.30. The summed E-state index contributed by atoms with van der Waals surface area (Å²) in [6.07, 6.45) is 15.5. The van der Waals surface area contributed by atoms with Gasteiger partial charge in [0, 0.05) is 51.8 Å². The second-order valence-corrected chi connectivity index (χ2v) is 24.9. The van der Waals surface area contributed by atoms with Crippen molar-refractivity contribution in [3.8, 4) is 83.3 Å². The maximum atomic E-state index is 5.30. The first-order valence-corrected chi connectivity index (χ1v) is 33.7. The molecule has 0 saturated heterocycles. The van der Waals surface area contributed by atoms with Crippen LogP contribution in [0.5, 0.6) is 0 Å². The molecule has 388 valence electrons. The van der Waals surface area contributed by atoms with Gasteiger partial charge in [0.1, 0.15) is 0 Å². The Hall–Kier alpha value is -4.61. The third-order valence-electron chi connectivity index (χ3n) is 9.55. The van der Waals surface area contributed by atoms with Crippen molar-refractivity contribution >= 4 is 77.7 Å². The van der Waals surface area contributed by atoms with Gasteiger partial charge in [0.25, 0.3) is 0 Å². The topological polar surface area (TPSA) is 9.72 Å². The van der Waals surface area contributed by atoms with E-state index in [1.54, 1.807) is 0 Å². The van der Waals surface area contributed by atoms with E-state index in [4.69, 9.17) is 38.7 Å². The second-order valence-electron chi connectivity index (χ2n) is 19.9. The Balaban J connectivity index is 0.000000924. The average molecular weight is 1210 g/mol. The molecule has 0 aromatic heterocycles. The molecule has 0 aliphatic rings. The summed E-state index contributed by atoms with van der Waals surface area (Å²) < 4.78 is 0. The van der Waals surface area contributed by atoms with Gasteiger partial charge < -0.3 is 0 Å². The first-order chi connectivity index (χ1) is 35.1. The zero-order valence-electron chi connectivity index (χ0n) is 45.5. The Morgan fingerprint density at radius 2 is 0.757 bits per heavy atom. The van der Waals surface area contributed by atoms with Gasteiger partial charge in [0.15, 0.2) is 0 Å². The summed E-state index contributed by atoms with van der Waals surface area (Å²) in [5, 5.41) is 7.80. The number of nitrogens with zero attached hydrogens (tertiary/aromatic N) is 3. The zero-order chi connectivity index (χ0) is 56.0. The molecular weight excluding hydrogens is 1140 g/mol. The van der Waals surface area contributed by atoms with Crippen molar-refractivity contribution in [3.63, 3.8) is 0 Å². The van der Waals surface area contributed by atoms with Gasteiger partial charge in [-0.3, -0.25) is 14.7 Å². The van der Waals surface area contributed by atoms with Crippen LogP contribution < -0.4 is 0 Å². The van der Waals surface area contributed by atoms with Gasteiger partial charge in [0.2, 0.25) is 0 Å². The fourth-order valence-corrected chi connectivity index (χ4v) is 7.04. The molecule has 0 radical (unpaired) electrons. The summed E-state index contributed by atoms with van der Waals surface area (Å²) in [7, 11) is 20.3. The van der Waals surface area contributed by atoms with Crippen molar-refractivity contribution in [2.75, 3.05) is 40.8 Å². The molecule has 9 heteroatoms. The third kappa shape index (κ3) is 33.3. The molecule has 6 aromatic carbocycles. The van der Waals surface area contributed by atoms with Crippen LogP contribution in [0.15, 0.2) is 127 Å². The van der Waals surface area contributed by atoms with E-state index in [1.807, 2.05) is 34.9 Å². The molecule has 3 nitrogen and oxygen atoms in total. The molecule has 6 aromatic rings. The fraction of sp³-hybridized carbons (Fsp3) is 0.323. The predicted octanol–water partition coefficient (Wildman–Crippen LogP) is 16.3. The fourth-order valence-electron chi connectivity index (χ4n) is 6.45. The average Bonchev–Trinajstić information content (AvgIpc) is 3.34. The van der Waals surface area contributed by atoms with Crippen LogP contribution in [-0.2, 0) is 49.9 Å². The summed E-state index contributed by atoms with van der Waals surface area (Å²) in [6.45, 7) is 23.3. The van der Waals surface area contributed by atoms with Gasteiger partial charge in [-0.1, -0.05) is 163 Å². The molecular formula is C65H72BrCl3CuN3Zn. The van der Waals surface area contributed by atoms with Gasteiger partial charge >= 0.3 is 59.7 Å². The van der Waals surface area contributed by atoms with Gasteiger partial charge in [-0.2, -0.15) is 0 Å². The standard InChI is InChI=1S/C21H23N.2C15H15N.C8H10.C6H9Br.3ClH.Cu.Zn/c1-21(2,3)15-8-5-9-16-22(4)17-19-13-10-12-18-11-6-7-14-20(18)19;2*1-3-11-16(2)12-14-9-6-8-13-7-4-5-10-15(13)14;1-5-6-7-8(2,3)4;1-6(2,3)4-5-7;;;;;/h6-7,10-14H,16-17H2,1-4H3;2*1,4-10H,11-12H2,2H3;1H,2-4H3;1-3H3;3*1H;;/q;;;;;;;;+1;+2/p-3.